The molecule has 3 aliphatic rings. The fourth-order valence-electron chi connectivity index (χ4n) is 3.80. The maximum absolute atomic E-state index is 6.30. The molecule has 0 aliphatic heterocycles. The monoisotopic (exact) mass is 218 g/mol. The van der Waals surface area contributed by atoms with Gasteiger partial charge in [-0.05, 0) is 30.1 Å². The van der Waals surface area contributed by atoms with Crippen LogP contribution in [0, 0.1) is 28.6 Å². The number of rotatable bonds is 0. The van der Waals surface area contributed by atoms with E-state index in [-0.39, 0.29) is 5.41 Å². The Labute approximate surface area is 90.0 Å². The molecule has 0 heterocycles. The van der Waals surface area contributed by atoms with Gasteiger partial charge in [0.2, 0.25) is 0 Å². The molecule has 0 bridgehead atoms. The summed E-state index contributed by atoms with van der Waals surface area (Å²) >= 11 is 12.6. The lowest BCUT2D eigenvalue weighted by atomic mass is 9.90. The standard InChI is InChI=1S/C11H16Cl2/c1-9(2)6-4-8-10(3,5-7(6)9)11(8,12)13/h6-8H,4-5H2,1-3H3/t6-,7+,8-,10+/m1/s1. The Morgan fingerprint density at radius 3 is 2.23 bits per heavy atom. The number of fused-ring (bicyclic) bond motifs is 2. The Morgan fingerprint density at radius 2 is 1.69 bits per heavy atom. The summed E-state index contributed by atoms with van der Waals surface area (Å²) in [6.45, 7) is 7.05. The normalized spacial score (nSPS) is 59.3. The van der Waals surface area contributed by atoms with Crippen molar-refractivity contribution in [3.8, 4) is 0 Å². The van der Waals surface area contributed by atoms with Crippen LogP contribution in [0.4, 0.5) is 0 Å². The van der Waals surface area contributed by atoms with Gasteiger partial charge in [0.15, 0.2) is 0 Å². The van der Waals surface area contributed by atoms with Crippen molar-refractivity contribution in [1.29, 1.82) is 0 Å². The minimum atomic E-state index is -0.392. The lowest BCUT2D eigenvalue weighted by molar-refractivity contribution is 0.347. The molecule has 3 aliphatic carbocycles. The van der Waals surface area contributed by atoms with Gasteiger partial charge in [-0.2, -0.15) is 0 Å². The topological polar surface area (TPSA) is 0 Å². The smallest absolute Gasteiger partial charge is 0.101 e. The second-order valence-electron chi connectivity index (χ2n) is 6.07. The zero-order valence-corrected chi connectivity index (χ0v) is 9.91. The van der Waals surface area contributed by atoms with E-state index in [1.54, 1.807) is 0 Å². The molecule has 3 rings (SSSR count). The molecule has 0 N–H and O–H groups in total. The highest BCUT2D eigenvalue weighted by Gasteiger charge is 2.80. The van der Waals surface area contributed by atoms with E-state index in [0.29, 0.717) is 11.3 Å². The predicted molar refractivity (Wildman–Crippen MR) is 56.0 cm³/mol. The van der Waals surface area contributed by atoms with Crippen LogP contribution >= 0.6 is 23.2 Å². The molecular weight excluding hydrogens is 203 g/mol. The Morgan fingerprint density at radius 1 is 1.08 bits per heavy atom. The van der Waals surface area contributed by atoms with E-state index < -0.39 is 4.33 Å². The van der Waals surface area contributed by atoms with Crippen molar-refractivity contribution >= 4 is 23.2 Å². The van der Waals surface area contributed by atoms with Crippen molar-refractivity contribution in [3.63, 3.8) is 0 Å². The molecule has 0 aromatic heterocycles. The zero-order chi connectivity index (χ0) is 9.65. The molecule has 13 heavy (non-hydrogen) atoms. The average molecular weight is 219 g/mol. The van der Waals surface area contributed by atoms with Crippen LogP contribution in [0.3, 0.4) is 0 Å². The predicted octanol–water partition coefficient (Wildman–Crippen LogP) is 3.86. The Kier molecular flexibility index (Phi) is 1.31. The first-order valence-corrected chi connectivity index (χ1v) is 5.95. The summed E-state index contributed by atoms with van der Waals surface area (Å²) in [5.74, 6) is 2.38. The van der Waals surface area contributed by atoms with E-state index in [4.69, 9.17) is 23.2 Å². The van der Waals surface area contributed by atoms with Gasteiger partial charge in [0.1, 0.15) is 4.33 Å². The lowest BCUT2D eigenvalue weighted by Crippen LogP contribution is -2.09. The third-order valence-corrected chi connectivity index (χ3v) is 6.70. The summed E-state index contributed by atoms with van der Waals surface area (Å²) in [4.78, 5) is 0. The van der Waals surface area contributed by atoms with Crippen LogP contribution in [-0.4, -0.2) is 4.33 Å². The van der Waals surface area contributed by atoms with Crippen molar-refractivity contribution in [2.45, 2.75) is 37.9 Å². The molecule has 3 saturated carbocycles. The highest BCUT2D eigenvalue weighted by atomic mass is 35.5. The molecule has 3 fully saturated rings. The third kappa shape index (κ3) is 0.777. The van der Waals surface area contributed by atoms with Gasteiger partial charge in [-0.3, -0.25) is 0 Å². The summed E-state index contributed by atoms with van der Waals surface area (Å²) in [6, 6.07) is 0. The van der Waals surface area contributed by atoms with Gasteiger partial charge in [-0.1, -0.05) is 20.8 Å². The SMILES string of the molecule is CC1(C)[C@@H]2C[C@H]3C(Cl)(Cl)[C@@]3(C)C[C@@H]21. The maximum Gasteiger partial charge on any atom is 0.127 e. The second kappa shape index (κ2) is 1.93. The third-order valence-electron chi connectivity index (χ3n) is 5.31. The van der Waals surface area contributed by atoms with Crippen LogP contribution in [-0.2, 0) is 0 Å². The summed E-state index contributed by atoms with van der Waals surface area (Å²) < 4.78 is -0.392. The molecule has 74 valence electrons. The van der Waals surface area contributed by atoms with E-state index in [1.807, 2.05) is 0 Å². The van der Waals surface area contributed by atoms with E-state index in [9.17, 15) is 0 Å². The van der Waals surface area contributed by atoms with Gasteiger partial charge in [0.05, 0.1) is 0 Å². The molecule has 2 heteroatoms. The first-order chi connectivity index (χ1) is 5.82. The van der Waals surface area contributed by atoms with Crippen LogP contribution in [0.1, 0.15) is 33.6 Å². The van der Waals surface area contributed by atoms with E-state index >= 15 is 0 Å². The summed E-state index contributed by atoms with van der Waals surface area (Å²) in [5, 5.41) is 0. The summed E-state index contributed by atoms with van der Waals surface area (Å²) in [7, 11) is 0. The van der Waals surface area contributed by atoms with Gasteiger partial charge >= 0.3 is 0 Å². The van der Waals surface area contributed by atoms with Crippen molar-refractivity contribution in [2.24, 2.45) is 28.6 Å². The molecular formula is C11H16Cl2. The molecule has 0 spiro atoms. The molecule has 0 saturated heterocycles. The molecule has 0 radical (unpaired) electrons. The molecule has 0 aromatic carbocycles. The Hall–Kier alpha value is 0.580. The van der Waals surface area contributed by atoms with Gasteiger partial charge < -0.3 is 0 Å². The molecule has 0 nitrogen and oxygen atoms in total. The highest BCUT2D eigenvalue weighted by molar-refractivity contribution is 6.51. The van der Waals surface area contributed by atoms with Gasteiger partial charge in [0, 0.05) is 11.3 Å². The van der Waals surface area contributed by atoms with E-state index in [1.165, 1.54) is 12.8 Å². The highest BCUT2D eigenvalue weighted by Crippen LogP contribution is 2.83. The summed E-state index contributed by atoms with van der Waals surface area (Å²) in [5.41, 5.74) is 0.825. The van der Waals surface area contributed by atoms with E-state index in [0.717, 1.165) is 11.8 Å². The zero-order valence-electron chi connectivity index (χ0n) is 8.40. The van der Waals surface area contributed by atoms with Crippen LogP contribution in [0.5, 0.6) is 0 Å². The second-order valence-corrected chi connectivity index (χ2v) is 7.45. The summed E-state index contributed by atoms with van der Waals surface area (Å²) in [6.07, 6.45) is 2.52. The van der Waals surface area contributed by atoms with E-state index in [2.05, 4.69) is 20.8 Å². The largest absolute Gasteiger partial charge is 0.127 e. The van der Waals surface area contributed by atoms with Crippen LogP contribution in [0.25, 0.3) is 0 Å². The fourth-order valence-corrected chi connectivity index (χ4v) is 4.77. The van der Waals surface area contributed by atoms with Gasteiger partial charge in [-0.25, -0.2) is 0 Å². The molecule has 0 amide bonds. The average Bonchev–Trinajstić information content (AvgIpc) is 2.67. The Balaban J connectivity index is 1.87. The van der Waals surface area contributed by atoms with Crippen molar-refractivity contribution in [1.82, 2.24) is 0 Å². The lowest BCUT2D eigenvalue weighted by Gasteiger charge is -2.15. The maximum atomic E-state index is 6.30. The van der Waals surface area contributed by atoms with Crippen molar-refractivity contribution in [3.05, 3.63) is 0 Å². The first kappa shape index (κ1) is 8.85. The van der Waals surface area contributed by atoms with Crippen LogP contribution in [0.15, 0.2) is 0 Å². The first-order valence-electron chi connectivity index (χ1n) is 5.19. The van der Waals surface area contributed by atoms with Crippen LogP contribution < -0.4 is 0 Å². The fraction of sp³-hybridized carbons (Fsp3) is 1.00. The molecule has 0 aromatic rings. The molecule has 4 atom stereocenters. The van der Waals surface area contributed by atoms with Crippen molar-refractivity contribution in [2.75, 3.05) is 0 Å². The van der Waals surface area contributed by atoms with Crippen molar-refractivity contribution < 1.29 is 0 Å². The Bertz CT molecular complexity index is 282. The number of hydrogen-bond acceptors (Lipinski definition) is 0. The number of alkyl halides is 2. The quantitative estimate of drug-likeness (QED) is 0.542. The minimum Gasteiger partial charge on any atom is -0.101 e. The molecule has 0 unspecified atom stereocenters. The van der Waals surface area contributed by atoms with Gasteiger partial charge in [0.25, 0.3) is 0 Å². The number of hydrogen-bond donors (Lipinski definition) is 0. The minimum absolute atomic E-state index is 0.241. The van der Waals surface area contributed by atoms with Crippen LogP contribution in [0.2, 0.25) is 0 Å². The number of halogens is 2. The van der Waals surface area contributed by atoms with Gasteiger partial charge in [-0.15, -0.1) is 23.2 Å².